The van der Waals surface area contributed by atoms with Crippen LogP contribution in [0.5, 0.6) is 0 Å². The summed E-state index contributed by atoms with van der Waals surface area (Å²) >= 11 is 0. The van der Waals surface area contributed by atoms with Gasteiger partial charge in [0.05, 0.1) is 11.9 Å². The van der Waals surface area contributed by atoms with Gasteiger partial charge >= 0.3 is 0 Å². The van der Waals surface area contributed by atoms with Crippen LogP contribution in [-0.2, 0) is 10.0 Å². The molecule has 0 bridgehead atoms. The summed E-state index contributed by atoms with van der Waals surface area (Å²) in [5, 5.41) is 8.93. The number of anilines is 2. The highest BCUT2D eigenvalue weighted by Crippen LogP contribution is 2.27. The van der Waals surface area contributed by atoms with Gasteiger partial charge in [-0.25, -0.2) is 13.7 Å². The lowest BCUT2D eigenvalue weighted by Gasteiger charge is -2.30. The minimum atomic E-state index is -3.41. The smallest absolute Gasteiger partial charge is 0.271 e. The van der Waals surface area contributed by atoms with E-state index in [0.717, 1.165) is 42.0 Å². The van der Waals surface area contributed by atoms with Crippen LogP contribution in [0, 0.1) is 11.2 Å². The Hall–Kier alpha value is -2.01. The number of carbonyl (C=O) groups excluding carboxylic acids is 1. The van der Waals surface area contributed by atoms with Gasteiger partial charge in [-0.3, -0.25) is 9.10 Å². The van der Waals surface area contributed by atoms with Crippen molar-refractivity contribution in [3.63, 3.8) is 0 Å². The molecular formula is C14H18BN3O3S. The van der Waals surface area contributed by atoms with Crippen LogP contribution in [0.15, 0.2) is 18.2 Å². The zero-order valence-corrected chi connectivity index (χ0v) is 13.5. The summed E-state index contributed by atoms with van der Waals surface area (Å²) in [6, 6.07) is 5.17. The molecule has 8 heteroatoms. The van der Waals surface area contributed by atoms with Crippen molar-refractivity contribution in [3.05, 3.63) is 23.8 Å². The summed E-state index contributed by atoms with van der Waals surface area (Å²) in [7, 11) is -1.99. The molecule has 2 rings (SSSR count). The molecule has 0 amide bonds. The SMILES string of the molecule is CN(c1ccc(N2CCB(C#N)CC2)cc1C=O)S(C)(=O)=O. The number of hydrogen-bond donors (Lipinski definition) is 0. The number of benzene rings is 1. The van der Waals surface area contributed by atoms with E-state index in [1.165, 1.54) is 7.05 Å². The van der Waals surface area contributed by atoms with Gasteiger partial charge in [0.25, 0.3) is 6.71 Å². The Bertz CT molecular complexity index is 707. The molecule has 1 aliphatic heterocycles. The lowest BCUT2D eigenvalue weighted by molar-refractivity contribution is 0.112. The molecule has 0 atom stereocenters. The highest BCUT2D eigenvalue weighted by Gasteiger charge is 2.23. The first kappa shape index (κ1) is 16.4. The number of nitrogens with zero attached hydrogens (tertiary/aromatic N) is 3. The normalized spacial score (nSPS) is 15.3. The Morgan fingerprint density at radius 2 is 2.00 bits per heavy atom. The van der Waals surface area contributed by atoms with E-state index in [4.69, 9.17) is 5.26 Å². The summed E-state index contributed by atoms with van der Waals surface area (Å²) in [6.45, 7) is 1.62. The first-order valence-corrected chi connectivity index (χ1v) is 8.89. The van der Waals surface area contributed by atoms with Crippen LogP contribution >= 0.6 is 0 Å². The quantitative estimate of drug-likeness (QED) is 0.617. The standard InChI is InChI=1S/C14H18BN3O3S/c1-17(22(2,20)21)14-4-3-13(9-12(14)10-19)18-7-5-15(11-16)6-8-18/h3-4,9-10H,5-8H2,1-2H3. The van der Waals surface area contributed by atoms with E-state index in [-0.39, 0.29) is 6.71 Å². The summed E-state index contributed by atoms with van der Waals surface area (Å²) in [6.07, 6.45) is 3.38. The van der Waals surface area contributed by atoms with Crippen molar-refractivity contribution >= 4 is 34.4 Å². The molecule has 0 aliphatic carbocycles. The second-order valence-electron chi connectivity index (χ2n) is 5.48. The average molecular weight is 319 g/mol. The van der Waals surface area contributed by atoms with E-state index in [1.807, 2.05) is 6.07 Å². The maximum Gasteiger partial charge on any atom is 0.271 e. The lowest BCUT2D eigenvalue weighted by Crippen LogP contribution is -2.36. The van der Waals surface area contributed by atoms with Crippen LogP contribution in [0.1, 0.15) is 10.4 Å². The largest absolute Gasteiger partial charge is 0.373 e. The van der Waals surface area contributed by atoms with Gasteiger partial charge in [-0.05, 0) is 30.8 Å². The molecule has 0 unspecified atom stereocenters. The van der Waals surface area contributed by atoms with Crippen LogP contribution < -0.4 is 9.21 Å². The van der Waals surface area contributed by atoms with Crippen molar-refractivity contribution in [1.82, 2.24) is 0 Å². The number of carbonyl (C=O) groups is 1. The van der Waals surface area contributed by atoms with Gasteiger partial charge < -0.3 is 4.90 Å². The fourth-order valence-electron chi connectivity index (χ4n) is 2.57. The molecular weight excluding hydrogens is 301 g/mol. The number of sulfonamides is 1. The van der Waals surface area contributed by atoms with E-state index in [0.29, 0.717) is 17.5 Å². The van der Waals surface area contributed by atoms with E-state index in [9.17, 15) is 13.2 Å². The summed E-state index contributed by atoms with van der Waals surface area (Å²) in [4.78, 5) is 13.4. The Kier molecular flexibility index (Phi) is 4.76. The maximum absolute atomic E-state index is 11.6. The summed E-state index contributed by atoms with van der Waals surface area (Å²) < 4.78 is 24.3. The molecule has 1 aromatic rings. The number of rotatable bonds is 4. The van der Waals surface area contributed by atoms with E-state index in [2.05, 4.69) is 10.9 Å². The predicted molar refractivity (Wildman–Crippen MR) is 88.3 cm³/mol. The topological polar surface area (TPSA) is 81.5 Å². The fraction of sp³-hybridized carbons (Fsp3) is 0.429. The van der Waals surface area contributed by atoms with Gasteiger partial charge in [-0.2, -0.15) is 0 Å². The molecule has 0 radical (unpaired) electrons. The van der Waals surface area contributed by atoms with Crippen molar-refractivity contribution < 1.29 is 13.2 Å². The van der Waals surface area contributed by atoms with Gasteiger partial charge in [0.15, 0.2) is 6.29 Å². The summed E-state index contributed by atoms with van der Waals surface area (Å²) in [5.74, 6) is 2.28. The number of aldehydes is 1. The second-order valence-corrected chi connectivity index (χ2v) is 7.50. The highest BCUT2D eigenvalue weighted by atomic mass is 32.2. The van der Waals surface area contributed by atoms with E-state index < -0.39 is 10.0 Å². The third-order valence-corrected chi connectivity index (χ3v) is 5.21. The predicted octanol–water partition coefficient (Wildman–Crippen LogP) is 1.27. The molecule has 0 saturated carbocycles. The van der Waals surface area contributed by atoms with E-state index in [1.54, 1.807) is 12.1 Å². The lowest BCUT2D eigenvalue weighted by atomic mass is 9.45. The second kappa shape index (κ2) is 6.40. The molecule has 1 aromatic carbocycles. The zero-order valence-electron chi connectivity index (χ0n) is 12.7. The first-order chi connectivity index (χ1) is 10.4. The molecule has 1 fully saturated rings. The monoisotopic (exact) mass is 319 g/mol. The molecule has 0 spiro atoms. The van der Waals surface area contributed by atoms with Gasteiger partial charge in [-0.1, -0.05) is 0 Å². The van der Waals surface area contributed by atoms with Gasteiger partial charge in [-0.15, -0.1) is 0 Å². The third-order valence-electron chi connectivity index (χ3n) is 4.02. The molecule has 0 aromatic heterocycles. The average Bonchev–Trinajstić information content (AvgIpc) is 2.52. The third kappa shape index (κ3) is 3.42. The minimum absolute atomic E-state index is 0.0948. The number of hydrogen-bond acceptors (Lipinski definition) is 5. The molecule has 6 nitrogen and oxygen atoms in total. The van der Waals surface area contributed by atoms with Crippen LogP contribution in [0.3, 0.4) is 0 Å². The summed E-state index contributed by atoms with van der Waals surface area (Å²) in [5.41, 5.74) is 1.59. The van der Waals surface area contributed by atoms with Gasteiger partial charge in [0, 0.05) is 37.4 Å². The van der Waals surface area contributed by atoms with Crippen molar-refractivity contribution in [1.29, 1.82) is 5.26 Å². The molecule has 1 heterocycles. The Labute approximate surface area is 131 Å². The highest BCUT2D eigenvalue weighted by molar-refractivity contribution is 7.92. The van der Waals surface area contributed by atoms with Gasteiger partial charge in [0.1, 0.15) is 0 Å². The Morgan fingerprint density at radius 3 is 2.50 bits per heavy atom. The Balaban J connectivity index is 2.27. The van der Waals surface area contributed by atoms with Crippen molar-refractivity contribution in [2.24, 2.45) is 0 Å². The zero-order chi connectivity index (χ0) is 16.3. The van der Waals surface area contributed by atoms with Crippen LogP contribution in [0.25, 0.3) is 0 Å². The Morgan fingerprint density at radius 1 is 1.36 bits per heavy atom. The van der Waals surface area contributed by atoms with Crippen molar-refractivity contribution in [3.8, 4) is 5.97 Å². The van der Waals surface area contributed by atoms with Crippen LogP contribution in [0.2, 0.25) is 12.6 Å². The number of nitriles is 1. The minimum Gasteiger partial charge on any atom is -0.373 e. The molecule has 0 N–H and O–H groups in total. The fourth-order valence-corrected chi connectivity index (χ4v) is 3.09. The van der Waals surface area contributed by atoms with Crippen LogP contribution in [-0.4, -0.2) is 47.8 Å². The van der Waals surface area contributed by atoms with Crippen molar-refractivity contribution in [2.45, 2.75) is 12.6 Å². The molecule has 1 aliphatic rings. The van der Waals surface area contributed by atoms with Gasteiger partial charge in [0.2, 0.25) is 10.0 Å². The molecule has 116 valence electrons. The molecule has 22 heavy (non-hydrogen) atoms. The van der Waals surface area contributed by atoms with E-state index >= 15 is 0 Å². The van der Waals surface area contributed by atoms with Crippen molar-refractivity contribution in [2.75, 3.05) is 35.6 Å². The maximum atomic E-state index is 11.6. The molecule has 1 saturated heterocycles. The van der Waals surface area contributed by atoms with Crippen LogP contribution in [0.4, 0.5) is 11.4 Å². The first-order valence-electron chi connectivity index (χ1n) is 7.04.